The first-order valence-electron chi connectivity index (χ1n) is 7.73. The quantitative estimate of drug-likeness (QED) is 0.623. The van der Waals surface area contributed by atoms with Crippen LogP contribution in [0, 0.1) is 6.92 Å². The van der Waals surface area contributed by atoms with Gasteiger partial charge in [0.1, 0.15) is 5.82 Å². The van der Waals surface area contributed by atoms with Gasteiger partial charge in [0.15, 0.2) is 11.2 Å². The molecule has 0 fully saturated rings. The van der Waals surface area contributed by atoms with Gasteiger partial charge in [0.25, 0.3) is 5.56 Å². The fourth-order valence-electron chi connectivity index (χ4n) is 2.61. The molecule has 3 aromatic heterocycles. The lowest BCUT2D eigenvalue weighted by Crippen LogP contribution is -2.23. The molecule has 0 spiro atoms. The predicted molar refractivity (Wildman–Crippen MR) is 95.2 cm³/mol. The lowest BCUT2D eigenvalue weighted by atomic mass is 10.2. The molecule has 0 aliphatic rings. The highest BCUT2D eigenvalue weighted by molar-refractivity contribution is 5.73. The van der Waals surface area contributed by atoms with E-state index in [-0.39, 0.29) is 11.1 Å². The second kappa shape index (κ2) is 6.12. The Morgan fingerprint density at radius 1 is 1.08 bits per heavy atom. The summed E-state index contributed by atoms with van der Waals surface area (Å²) >= 11 is 0. The SMILES string of the molecule is Cc1ccccc1-n1c(C=Cc2ccccn2)nc2[nH]nnc2c1=O. The van der Waals surface area contributed by atoms with Crippen LogP contribution in [0.3, 0.4) is 0 Å². The number of aromatic amines is 1. The Hall–Kier alpha value is -3.61. The lowest BCUT2D eigenvalue weighted by molar-refractivity contribution is 0.929. The number of para-hydroxylation sites is 1. The third-order valence-corrected chi connectivity index (χ3v) is 3.84. The molecule has 7 nitrogen and oxygen atoms in total. The number of pyridine rings is 1. The number of fused-ring (bicyclic) bond motifs is 1. The van der Waals surface area contributed by atoms with Gasteiger partial charge in [-0.15, -0.1) is 5.10 Å². The summed E-state index contributed by atoms with van der Waals surface area (Å²) < 4.78 is 1.54. The highest BCUT2D eigenvalue weighted by Gasteiger charge is 2.14. The van der Waals surface area contributed by atoms with E-state index in [1.165, 1.54) is 0 Å². The molecule has 122 valence electrons. The van der Waals surface area contributed by atoms with E-state index in [2.05, 4.69) is 25.4 Å². The van der Waals surface area contributed by atoms with Gasteiger partial charge in [-0.25, -0.2) is 10.1 Å². The minimum Gasteiger partial charge on any atom is -0.266 e. The molecule has 0 amide bonds. The number of aromatic nitrogens is 6. The molecule has 25 heavy (non-hydrogen) atoms. The average molecular weight is 330 g/mol. The van der Waals surface area contributed by atoms with Crippen LogP contribution in [0.15, 0.2) is 53.5 Å². The molecule has 4 rings (SSSR count). The Bertz CT molecular complexity index is 1130. The van der Waals surface area contributed by atoms with Crippen LogP contribution < -0.4 is 5.56 Å². The summed E-state index contributed by atoms with van der Waals surface area (Å²) in [6, 6.07) is 13.3. The van der Waals surface area contributed by atoms with Crippen molar-refractivity contribution < 1.29 is 0 Å². The Morgan fingerprint density at radius 3 is 2.72 bits per heavy atom. The zero-order valence-corrected chi connectivity index (χ0v) is 13.4. The van der Waals surface area contributed by atoms with E-state index in [4.69, 9.17) is 0 Å². The van der Waals surface area contributed by atoms with Crippen LogP contribution in [-0.2, 0) is 0 Å². The van der Waals surface area contributed by atoms with E-state index in [0.29, 0.717) is 11.5 Å². The predicted octanol–water partition coefficient (Wildman–Crippen LogP) is 2.38. The molecule has 7 heteroatoms. The van der Waals surface area contributed by atoms with Crippen molar-refractivity contribution in [2.75, 3.05) is 0 Å². The average Bonchev–Trinajstić information content (AvgIpc) is 3.11. The fourth-order valence-corrected chi connectivity index (χ4v) is 2.61. The molecule has 0 radical (unpaired) electrons. The zero-order chi connectivity index (χ0) is 17.2. The molecular weight excluding hydrogens is 316 g/mol. The van der Waals surface area contributed by atoms with E-state index in [9.17, 15) is 4.79 Å². The van der Waals surface area contributed by atoms with Crippen LogP contribution in [0.5, 0.6) is 0 Å². The smallest absolute Gasteiger partial charge is 0.266 e. The van der Waals surface area contributed by atoms with Gasteiger partial charge in [-0.1, -0.05) is 29.5 Å². The molecule has 0 bridgehead atoms. The minimum absolute atomic E-state index is 0.207. The van der Waals surface area contributed by atoms with Crippen LogP contribution in [0.2, 0.25) is 0 Å². The number of nitrogens with zero attached hydrogens (tertiary/aromatic N) is 5. The number of hydrogen-bond donors (Lipinski definition) is 1. The summed E-state index contributed by atoms with van der Waals surface area (Å²) in [5.74, 6) is 0.475. The van der Waals surface area contributed by atoms with Gasteiger partial charge >= 0.3 is 0 Å². The molecule has 0 atom stereocenters. The molecule has 4 aromatic rings. The monoisotopic (exact) mass is 330 g/mol. The Morgan fingerprint density at radius 2 is 1.92 bits per heavy atom. The number of benzene rings is 1. The van der Waals surface area contributed by atoms with E-state index in [1.807, 2.05) is 55.5 Å². The fraction of sp³-hybridized carbons (Fsp3) is 0.0556. The van der Waals surface area contributed by atoms with Crippen molar-refractivity contribution >= 4 is 23.3 Å². The van der Waals surface area contributed by atoms with E-state index in [1.54, 1.807) is 16.8 Å². The first-order chi connectivity index (χ1) is 12.2. The third kappa shape index (κ3) is 2.72. The number of aryl methyl sites for hydroxylation is 1. The topological polar surface area (TPSA) is 89.3 Å². The molecule has 0 unspecified atom stereocenters. The van der Waals surface area contributed by atoms with Crippen molar-refractivity contribution in [1.29, 1.82) is 0 Å². The maximum absolute atomic E-state index is 12.9. The van der Waals surface area contributed by atoms with Gasteiger partial charge in [-0.05, 0) is 42.8 Å². The zero-order valence-electron chi connectivity index (χ0n) is 13.4. The highest BCUT2D eigenvalue weighted by Crippen LogP contribution is 2.16. The van der Waals surface area contributed by atoms with Crippen molar-refractivity contribution in [3.63, 3.8) is 0 Å². The van der Waals surface area contributed by atoms with E-state index < -0.39 is 0 Å². The molecule has 1 aromatic carbocycles. The summed E-state index contributed by atoms with van der Waals surface area (Å²) in [6.07, 6.45) is 5.28. The Balaban J connectivity index is 1.96. The van der Waals surface area contributed by atoms with Crippen molar-refractivity contribution in [1.82, 2.24) is 29.9 Å². The normalized spacial score (nSPS) is 11.4. The van der Waals surface area contributed by atoms with E-state index in [0.717, 1.165) is 16.9 Å². The molecule has 0 aliphatic carbocycles. The summed E-state index contributed by atoms with van der Waals surface area (Å²) in [5.41, 5.74) is 2.78. The first-order valence-corrected chi connectivity index (χ1v) is 7.73. The number of H-pyrrole nitrogens is 1. The van der Waals surface area contributed by atoms with Crippen LogP contribution in [0.4, 0.5) is 0 Å². The van der Waals surface area contributed by atoms with Crippen LogP contribution >= 0.6 is 0 Å². The standard InChI is InChI=1S/C18H14N6O/c1-12-6-2-3-8-14(12)24-15(10-9-13-7-4-5-11-19-13)20-17-16(18(24)25)21-23-22-17/h2-11H,1H3,(H,21,22,23). The van der Waals surface area contributed by atoms with Gasteiger partial charge in [0, 0.05) is 6.20 Å². The second-order valence-corrected chi connectivity index (χ2v) is 5.49. The summed E-state index contributed by atoms with van der Waals surface area (Å²) in [6.45, 7) is 1.95. The number of hydrogen-bond acceptors (Lipinski definition) is 5. The van der Waals surface area contributed by atoms with Crippen molar-refractivity contribution in [2.45, 2.75) is 6.92 Å². The lowest BCUT2D eigenvalue weighted by Gasteiger charge is -2.11. The first kappa shape index (κ1) is 14.9. The summed E-state index contributed by atoms with van der Waals surface area (Å²) in [5, 5.41) is 10.2. The van der Waals surface area contributed by atoms with Gasteiger partial charge < -0.3 is 0 Å². The van der Waals surface area contributed by atoms with Gasteiger partial charge in [0.05, 0.1) is 11.4 Å². The van der Waals surface area contributed by atoms with E-state index >= 15 is 0 Å². The van der Waals surface area contributed by atoms with Gasteiger partial charge in [-0.2, -0.15) is 0 Å². The number of nitrogens with one attached hydrogen (secondary N) is 1. The maximum Gasteiger partial charge on any atom is 0.288 e. The molecule has 1 N–H and O–H groups in total. The maximum atomic E-state index is 12.9. The second-order valence-electron chi connectivity index (χ2n) is 5.49. The van der Waals surface area contributed by atoms with Crippen molar-refractivity contribution in [2.24, 2.45) is 0 Å². The van der Waals surface area contributed by atoms with Gasteiger partial charge in [-0.3, -0.25) is 14.3 Å². The molecule has 3 heterocycles. The summed E-state index contributed by atoms with van der Waals surface area (Å²) in [4.78, 5) is 21.7. The van der Waals surface area contributed by atoms with Gasteiger partial charge in [0.2, 0.25) is 0 Å². The molecular formula is C18H14N6O. The molecule has 0 aliphatic heterocycles. The molecule has 0 saturated heterocycles. The third-order valence-electron chi connectivity index (χ3n) is 3.84. The Labute approximate surface area is 142 Å². The minimum atomic E-state index is -0.270. The van der Waals surface area contributed by atoms with Crippen LogP contribution in [0.1, 0.15) is 17.1 Å². The largest absolute Gasteiger partial charge is 0.288 e. The van der Waals surface area contributed by atoms with Crippen molar-refractivity contribution in [3.05, 3.63) is 76.1 Å². The number of rotatable bonds is 3. The molecule has 0 saturated carbocycles. The highest BCUT2D eigenvalue weighted by atomic mass is 16.1. The Kier molecular flexibility index (Phi) is 3.66. The van der Waals surface area contributed by atoms with Crippen LogP contribution in [0.25, 0.3) is 29.0 Å². The summed E-state index contributed by atoms with van der Waals surface area (Å²) in [7, 11) is 0. The van der Waals surface area contributed by atoms with Crippen molar-refractivity contribution in [3.8, 4) is 5.69 Å². The van der Waals surface area contributed by atoms with Crippen LogP contribution in [-0.4, -0.2) is 29.9 Å².